The highest BCUT2D eigenvalue weighted by Crippen LogP contribution is 2.66. The summed E-state index contributed by atoms with van der Waals surface area (Å²) in [4.78, 5) is 32.5. The van der Waals surface area contributed by atoms with Gasteiger partial charge >= 0.3 is 11.9 Å². The molecule has 2 rings (SSSR count). The maximum absolute atomic E-state index is 11.9. The van der Waals surface area contributed by atoms with Crippen LogP contribution in [0, 0.1) is 5.41 Å². The molecule has 120 valence electrons. The number of carbonyl (C=O) groups excluding carboxylic acids is 2. The van der Waals surface area contributed by atoms with E-state index in [0.717, 1.165) is 25.7 Å². The Labute approximate surface area is 121 Å². The molecule has 0 atom stereocenters. The molecule has 2 saturated carbocycles. The molecule has 6 N–H and O–H groups in total. The number of hydrogen-bond donors (Lipinski definition) is 4. The van der Waals surface area contributed by atoms with Crippen molar-refractivity contribution in [2.45, 2.75) is 31.3 Å². The summed E-state index contributed by atoms with van der Waals surface area (Å²) in [5, 5.41) is 0. The van der Waals surface area contributed by atoms with Crippen molar-refractivity contribution in [3.63, 3.8) is 0 Å². The van der Waals surface area contributed by atoms with Gasteiger partial charge in [-0.15, -0.1) is 5.59 Å². The highest BCUT2D eigenvalue weighted by atomic mass is 16.7. The normalized spacial score (nSPS) is 29.8. The molecule has 10 nitrogen and oxygen atoms in total. The van der Waals surface area contributed by atoms with Crippen LogP contribution in [0.3, 0.4) is 0 Å². The first-order chi connectivity index (χ1) is 10.1. The van der Waals surface area contributed by atoms with Gasteiger partial charge in [-0.3, -0.25) is 20.2 Å². The first-order valence-electron chi connectivity index (χ1n) is 6.61. The smallest absolute Gasteiger partial charge is 0.335 e. The third-order valence-corrected chi connectivity index (χ3v) is 4.21. The van der Waals surface area contributed by atoms with Gasteiger partial charge in [0.15, 0.2) is 13.3 Å². The second kappa shape index (κ2) is 6.64. The Morgan fingerprint density at radius 2 is 1.86 bits per heavy atom. The molecule has 0 aromatic rings. The lowest BCUT2D eigenvalue weighted by Crippen LogP contribution is -2.72. The molecule has 0 unspecified atom stereocenters. The summed E-state index contributed by atoms with van der Waals surface area (Å²) in [6, 6.07) is 0. The van der Waals surface area contributed by atoms with Gasteiger partial charge in [0.1, 0.15) is 12.3 Å². The number of hydrazine groups is 1. The van der Waals surface area contributed by atoms with Gasteiger partial charge in [0.25, 0.3) is 0 Å². The van der Waals surface area contributed by atoms with E-state index in [-0.39, 0.29) is 26.0 Å². The maximum atomic E-state index is 11.9. The molecule has 10 heteroatoms. The molecule has 0 amide bonds. The molecule has 0 heterocycles. The Kier molecular flexibility index (Phi) is 5.08. The molecule has 21 heavy (non-hydrogen) atoms. The van der Waals surface area contributed by atoms with Gasteiger partial charge in [0.05, 0.1) is 5.41 Å². The number of nitrogens with one attached hydrogen (secondary N) is 2. The first kappa shape index (κ1) is 16.1. The van der Waals surface area contributed by atoms with Crippen LogP contribution in [0.25, 0.3) is 0 Å². The number of fused-ring (bicyclic) bond motifs is 1. The first-order valence-corrected chi connectivity index (χ1v) is 6.61. The molecule has 2 fully saturated rings. The molecule has 2 aliphatic rings. The van der Waals surface area contributed by atoms with Gasteiger partial charge in [0, 0.05) is 0 Å². The molecule has 0 aliphatic heterocycles. The monoisotopic (exact) mass is 304 g/mol. The van der Waals surface area contributed by atoms with E-state index in [2.05, 4.69) is 15.9 Å². The zero-order chi connectivity index (χ0) is 15.3. The third-order valence-electron chi connectivity index (χ3n) is 4.21. The van der Waals surface area contributed by atoms with Crippen LogP contribution in [-0.2, 0) is 28.7 Å². The van der Waals surface area contributed by atoms with E-state index in [1.165, 1.54) is 0 Å². The quantitative estimate of drug-likeness (QED) is 0.166. The third kappa shape index (κ3) is 2.86. The van der Waals surface area contributed by atoms with Crippen molar-refractivity contribution in [1.82, 2.24) is 11.0 Å². The van der Waals surface area contributed by atoms with Crippen molar-refractivity contribution in [1.29, 1.82) is 0 Å². The summed E-state index contributed by atoms with van der Waals surface area (Å²) in [6.07, 6.45) is 2.94. The lowest BCUT2D eigenvalue weighted by molar-refractivity contribution is -0.300. The number of nitrogens with two attached hydrogens (primary N) is 2. The largest absolute Gasteiger partial charge is 0.449 e. The molecular weight excluding hydrogens is 284 g/mol. The van der Waals surface area contributed by atoms with Crippen LogP contribution in [0.2, 0.25) is 0 Å². The summed E-state index contributed by atoms with van der Waals surface area (Å²) < 4.78 is 9.60. The zero-order valence-electron chi connectivity index (χ0n) is 11.6. The fraction of sp³-hybridized carbons (Fsp3) is 0.818. The summed E-state index contributed by atoms with van der Waals surface area (Å²) in [5.41, 5.74) is 9.10. The van der Waals surface area contributed by atoms with Gasteiger partial charge in [0.2, 0.25) is 0 Å². The summed E-state index contributed by atoms with van der Waals surface area (Å²) in [7, 11) is 0. The minimum atomic E-state index is -0.613. The number of esters is 2. The van der Waals surface area contributed by atoms with Crippen molar-refractivity contribution in [3.05, 3.63) is 0 Å². The van der Waals surface area contributed by atoms with Crippen molar-refractivity contribution in [2.24, 2.45) is 17.0 Å². The Balaban J connectivity index is 1.69. The second-order valence-electron chi connectivity index (χ2n) is 5.03. The van der Waals surface area contributed by atoms with E-state index in [9.17, 15) is 9.59 Å². The van der Waals surface area contributed by atoms with Gasteiger partial charge in [-0.2, -0.15) is 5.43 Å². The maximum Gasteiger partial charge on any atom is 0.335 e. The fourth-order valence-corrected chi connectivity index (χ4v) is 2.85. The predicted molar refractivity (Wildman–Crippen MR) is 67.2 cm³/mol. The van der Waals surface area contributed by atoms with Crippen LogP contribution in [0.5, 0.6) is 0 Å². The lowest BCUT2D eigenvalue weighted by Gasteiger charge is -2.64. The Morgan fingerprint density at radius 3 is 2.38 bits per heavy atom. The van der Waals surface area contributed by atoms with Crippen LogP contribution in [0.4, 0.5) is 0 Å². The number of ether oxygens (including phenoxy) is 2. The molecule has 0 radical (unpaired) electrons. The second-order valence-corrected chi connectivity index (χ2v) is 5.03. The molecular formula is C11H20N4O6. The molecule has 2 aliphatic carbocycles. The number of hydrogen-bond acceptors (Lipinski definition) is 10. The van der Waals surface area contributed by atoms with Crippen molar-refractivity contribution < 1.29 is 28.7 Å². The topological polar surface area (TPSA) is 147 Å². The van der Waals surface area contributed by atoms with Crippen LogP contribution in [0.1, 0.15) is 25.7 Å². The average molecular weight is 304 g/mol. The summed E-state index contributed by atoms with van der Waals surface area (Å²) >= 11 is 0. The van der Waals surface area contributed by atoms with Crippen LogP contribution < -0.4 is 22.6 Å². The van der Waals surface area contributed by atoms with E-state index in [0.29, 0.717) is 0 Å². The van der Waals surface area contributed by atoms with Crippen LogP contribution >= 0.6 is 0 Å². The summed E-state index contributed by atoms with van der Waals surface area (Å²) in [6.45, 7) is -0.597. The molecule has 0 bridgehead atoms. The predicted octanol–water partition coefficient (Wildman–Crippen LogP) is -1.82. The van der Waals surface area contributed by atoms with E-state index in [4.69, 9.17) is 25.9 Å². The molecule has 0 spiro atoms. The fourth-order valence-electron chi connectivity index (χ4n) is 2.85. The van der Waals surface area contributed by atoms with Gasteiger partial charge in [-0.25, -0.2) is 10.7 Å². The van der Waals surface area contributed by atoms with Crippen molar-refractivity contribution >= 4 is 11.9 Å². The zero-order valence-corrected chi connectivity index (χ0v) is 11.6. The molecule has 0 aromatic heterocycles. The molecule has 0 aromatic carbocycles. The average Bonchev–Trinajstić information content (AvgIpc) is 2.44. The van der Waals surface area contributed by atoms with Crippen molar-refractivity contribution in [2.75, 3.05) is 20.1 Å². The molecule has 0 saturated heterocycles. The van der Waals surface area contributed by atoms with Gasteiger partial charge in [-0.1, -0.05) is 0 Å². The van der Waals surface area contributed by atoms with E-state index in [1.807, 2.05) is 0 Å². The minimum Gasteiger partial charge on any atom is -0.449 e. The Bertz CT molecular complexity index is 396. The Morgan fingerprint density at radius 1 is 1.14 bits per heavy atom. The van der Waals surface area contributed by atoms with Crippen molar-refractivity contribution in [3.8, 4) is 0 Å². The highest BCUT2D eigenvalue weighted by molar-refractivity contribution is 5.81. The number of carbonyl (C=O) groups is 2. The van der Waals surface area contributed by atoms with Crippen LogP contribution in [0.15, 0.2) is 0 Å². The minimum absolute atomic E-state index is 0.126. The summed E-state index contributed by atoms with van der Waals surface area (Å²) in [5.74, 6) is 3.78. The number of rotatable bonds is 9. The van der Waals surface area contributed by atoms with E-state index >= 15 is 0 Å². The van der Waals surface area contributed by atoms with Gasteiger partial charge in [-0.05, 0) is 25.7 Å². The van der Waals surface area contributed by atoms with E-state index in [1.54, 1.807) is 0 Å². The lowest BCUT2D eigenvalue weighted by atomic mass is 9.44. The standard InChI is InChI=1S/C11H20N4O6/c12-6-18-9(17)10-1-3-11(10,4-2-10)21-15-14-7-19-8(16)5-20-13/h14-15H,1-7,12-13H2. The van der Waals surface area contributed by atoms with Crippen LogP contribution in [-0.4, -0.2) is 37.6 Å². The van der Waals surface area contributed by atoms with E-state index < -0.39 is 17.0 Å². The highest BCUT2D eigenvalue weighted by Gasteiger charge is 2.72. The Hall–Kier alpha value is -1.30. The van der Waals surface area contributed by atoms with Gasteiger partial charge < -0.3 is 9.47 Å². The SMILES string of the molecule is NCOC(=O)C12CCC1(ONNCOC(=O)CON)CC2.